The maximum Gasteiger partial charge on any atom is 0.228 e. The molecule has 0 bridgehead atoms. The minimum absolute atomic E-state index is 0.202. The van der Waals surface area contributed by atoms with Crippen LogP contribution in [0.4, 0.5) is 0 Å². The molecule has 2 saturated heterocycles. The van der Waals surface area contributed by atoms with Crippen LogP contribution in [0.25, 0.3) is 11.3 Å². The van der Waals surface area contributed by atoms with Crippen molar-refractivity contribution in [3.63, 3.8) is 0 Å². The van der Waals surface area contributed by atoms with E-state index in [1.54, 1.807) is 6.33 Å². The van der Waals surface area contributed by atoms with Gasteiger partial charge in [0.1, 0.15) is 12.1 Å². The van der Waals surface area contributed by atoms with Crippen molar-refractivity contribution in [2.75, 3.05) is 33.2 Å². The van der Waals surface area contributed by atoms with Crippen LogP contribution in [-0.4, -0.2) is 64.1 Å². The number of amides is 1. The summed E-state index contributed by atoms with van der Waals surface area (Å²) in [4.78, 5) is 26.5. The van der Waals surface area contributed by atoms with Crippen molar-refractivity contribution in [3.05, 3.63) is 29.5 Å². The SMILES string of the molecule is Cc1noc(C)c1-c1cc(C[C@H]2CCN(C(=O)C3(C)CCN(C)CC3)C2)ncn1. The third kappa shape index (κ3) is 4.06. The van der Waals surface area contributed by atoms with E-state index in [-0.39, 0.29) is 5.41 Å². The van der Waals surface area contributed by atoms with Crippen molar-refractivity contribution in [2.45, 2.75) is 46.5 Å². The predicted octanol–water partition coefficient (Wildman–Crippen LogP) is 2.87. The van der Waals surface area contributed by atoms with Crippen LogP contribution in [0.15, 0.2) is 16.9 Å². The Kier molecular flexibility index (Phi) is 5.42. The van der Waals surface area contributed by atoms with Gasteiger partial charge in [-0.1, -0.05) is 12.1 Å². The average molecular weight is 398 g/mol. The Labute approximate surface area is 172 Å². The average Bonchev–Trinajstić information content (AvgIpc) is 3.30. The number of likely N-dealkylation sites (tertiary alicyclic amines) is 2. The highest BCUT2D eigenvalue weighted by Gasteiger charge is 2.40. The lowest BCUT2D eigenvalue weighted by molar-refractivity contribution is -0.142. The zero-order valence-electron chi connectivity index (χ0n) is 17.9. The zero-order chi connectivity index (χ0) is 20.6. The first kappa shape index (κ1) is 20.0. The van der Waals surface area contributed by atoms with Gasteiger partial charge in [0.25, 0.3) is 0 Å². The van der Waals surface area contributed by atoms with Gasteiger partial charge in [0.05, 0.1) is 17.0 Å². The summed E-state index contributed by atoms with van der Waals surface area (Å²) in [6.45, 7) is 9.68. The number of aromatic nitrogens is 3. The van der Waals surface area contributed by atoms with Crippen LogP contribution < -0.4 is 0 Å². The Hall–Kier alpha value is -2.28. The van der Waals surface area contributed by atoms with Crippen LogP contribution in [0.2, 0.25) is 0 Å². The summed E-state index contributed by atoms with van der Waals surface area (Å²) in [5.41, 5.74) is 3.46. The van der Waals surface area contributed by atoms with Crippen molar-refractivity contribution >= 4 is 5.91 Å². The smallest absolute Gasteiger partial charge is 0.228 e. The molecule has 1 atom stereocenters. The molecular weight excluding hydrogens is 366 g/mol. The molecule has 7 heteroatoms. The fraction of sp³-hybridized carbons (Fsp3) is 0.636. The number of carbonyl (C=O) groups is 1. The summed E-state index contributed by atoms with van der Waals surface area (Å²) >= 11 is 0. The molecule has 0 N–H and O–H groups in total. The first-order chi connectivity index (χ1) is 13.9. The highest BCUT2D eigenvalue weighted by Crippen LogP contribution is 2.35. The number of hydrogen-bond donors (Lipinski definition) is 0. The maximum atomic E-state index is 13.2. The molecule has 4 heterocycles. The van der Waals surface area contributed by atoms with Crippen LogP contribution >= 0.6 is 0 Å². The molecule has 0 radical (unpaired) electrons. The second-order valence-corrected chi connectivity index (χ2v) is 9.07. The van der Waals surface area contributed by atoms with E-state index in [1.165, 1.54) is 0 Å². The summed E-state index contributed by atoms with van der Waals surface area (Å²) in [5.74, 6) is 1.56. The van der Waals surface area contributed by atoms with Crippen molar-refractivity contribution in [1.29, 1.82) is 0 Å². The largest absolute Gasteiger partial charge is 0.361 e. The normalized spacial score (nSPS) is 22.2. The van der Waals surface area contributed by atoms with Crippen LogP contribution in [0.1, 0.15) is 43.3 Å². The van der Waals surface area contributed by atoms with Gasteiger partial charge in [0, 0.05) is 24.2 Å². The van der Waals surface area contributed by atoms with Gasteiger partial charge in [-0.05, 0) is 71.7 Å². The van der Waals surface area contributed by atoms with E-state index in [4.69, 9.17) is 4.52 Å². The Morgan fingerprint density at radius 2 is 2.00 bits per heavy atom. The molecule has 0 aromatic carbocycles. The third-order valence-corrected chi connectivity index (χ3v) is 6.69. The molecule has 0 spiro atoms. The van der Waals surface area contributed by atoms with Crippen LogP contribution in [0.5, 0.6) is 0 Å². The number of piperidine rings is 1. The summed E-state index contributed by atoms with van der Waals surface area (Å²) in [6.07, 6.45) is 5.43. The molecule has 0 aliphatic carbocycles. The molecule has 7 nitrogen and oxygen atoms in total. The van der Waals surface area contributed by atoms with E-state index in [1.807, 2.05) is 19.9 Å². The molecule has 2 aliphatic heterocycles. The van der Waals surface area contributed by atoms with Crippen molar-refractivity contribution in [2.24, 2.45) is 11.3 Å². The van der Waals surface area contributed by atoms with Crippen LogP contribution in [0.3, 0.4) is 0 Å². The fourth-order valence-corrected chi connectivity index (χ4v) is 4.68. The second-order valence-electron chi connectivity index (χ2n) is 9.07. The molecule has 29 heavy (non-hydrogen) atoms. The molecule has 4 rings (SSSR count). The summed E-state index contributed by atoms with van der Waals surface area (Å²) < 4.78 is 5.28. The van der Waals surface area contributed by atoms with Gasteiger partial charge in [0.2, 0.25) is 5.91 Å². The fourth-order valence-electron chi connectivity index (χ4n) is 4.68. The number of carbonyl (C=O) groups excluding carboxylic acids is 1. The van der Waals surface area contributed by atoms with Gasteiger partial charge < -0.3 is 14.3 Å². The standard InChI is InChI=1S/C22H31N5O2/c1-15-20(16(2)29-25-15)19-12-18(23-14-24-19)11-17-5-8-27(13-17)21(28)22(3)6-9-26(4)10-7-22/h12,14,17H,5-11,13H2,1-4H3/t17-/m1/s1. The number of aryl methyl sites for hydroxylation is 2. The lowest BCUT2D eigenvalue weighted by Gasteiger charge is -2.39. The summed E-state index contributed by atoms with van der Waals surface area (Å²) in [5, 5.41) is 4.03. The molecule has 2 fully saturated rings. The van der Waals surface area contributed by atoms with Gasteiger partial charge in [-0.25, -0.2) is 9.97 Å². The minimum atomic E-state index is -0.202. The van der Waals surface area contributed by atoms with Gasteiger partial charge in [-0.15, -0.1) is 0 Å². The van der Waals surface area contributed by atoms with Crippen molar-refractivity contribution in [1.82, 2.24) is 24.9 Å². The lowest BCUT2D eigenvalue weighted by Crippen LogP contribution is -2.47. The highest BCUT2D eigenvalue weighted by molar-refractivity contribution is 5.82. The van der Waals surface area contributed by atoms with Crippen LogP contribution in [-0.2, 0) is 11.2 Å². The number of hydrogen-bond acceptors (Lipinski definition) is 6. The Morgan fingerprint density at radius 1 is 1.24 bits per heavy atom. The number of nitrogens with zero attached hydrogens (tertiary/aromatic N) is 5. The van der Waals surface area contributed by atoms with E-state index in [9.17, 15) is 4.79 Å². The highest BCUT2D eigenvalue weighted by atomic mass is 16.5. The van der Waals surface area contributed by atoms with Gasteiger partial charge in [0.15, 0.2) is 0 Å². The molecule has 156 valence electrons. The quantitative estimate of drug-likeness (QED) is 0.790. The molecule has 2 aliphatic rings. The van der Waals surface area contributed by atoms with E-state index < -0.39 is 0 Å². The third-order valence-electron chi connectivity index (χ3n) is 6.69. The van der Waals surface area contributed by atoms with Crippen molar-refractivity contribution < 1.29 is 9.32 Å². The van der Waals surface area contributed by atoms with Gasteiger partial charge >= 0.3 is 0 Å². The van der Waals surface area contributed by atoms with E-state index in [0.717, 1.165) is 80.3 Å². The van der Waals surface area contributed by atoms with Gasteiger partial charge in [-0.2, -0.15) is 0 Å². The molecular formula is C22H31N5O2. The van der Waals surface area contributed by atoms with E-state index in [2.05, 4.69) is 38.9 Å². The van der Waals surface area contributed by atoms with E-state index >= 15 is 0 Å². The number of rotatable bonds is 4. The van der Waals surface area contributed by atoms with Crippen LogP contribution in [0, 0.1) is 25.2 Å². The molecule has 2 aromatic heterocycles. The first-order valence-corrected chi connectivity index (χ1v) is 10.6. The topological polar surface area (TPSA) is 75.4 Å². The molecule has 0 saturated carbocycles. The monoisotopic (exact) mass is 397 g/mol. The molecule has 0 unspecified atom stereocenters. The molecule has 1 amide bonds. The molecule has 2 aromatic rings. The Morgan fingerprint density at radius 3 is 2.69 bits per heavy atom. The summed E-state index contributed by atoms with van der Waals surface area (Å²) in [7, 11) is 2.13. The lowest BCUT2D eigenvalue weighted by atomic mass is 9.79. The van der Waals surface area contributed by atoms with Gasteiger partial charge in [-0.3, -0.25) is 4.79 Å². The predicted molar refractivity (Wildman–Crippen MR) is 110 cm³/mol. The first-order valence-electron chi connectivity index (χ1n) is 10.6. The zero-order valence-corrected chi connectivity index (χ0v) is 17.9. The summed E-state index contributed by atoms with van der Waals surface area (Å²) in [6, 6.07) is 2.04. The second kappa shape index (κ2) is 7.86. The maximum absolute atomic E-state index is 13.2. The Balaban J connectivity index is 1.41. The minimum Gasteiger partial charge on any atom is -0.361 e. The van der Waals surface area contributed by atoms with E-state index in [0.29, 0.717) is 11.8 Å². The Bertz CT molecular complexity index is 866. The van der Waals surface area contributed by atoms with Crippen molar-refractivity contribution in [3.8, 4) is 11.3 Å².